The first-order valence-electron chi connectivity index (χ1n) is 7.46. The molecule has 2 rings (SSSR count). The fourth-order valence-corrected chi connectivity index (χ4v) is 3.00. The second-order valence-corrected chi connectivity index (χ2v) is 6.79. The Kier molecular flexibility index (Phi) is 3.95. The minimum Gasteiger partial charge on any atom is -0.462 e. The van der Waals surface area contributed by atoms with Gasteiger partial charge in [0, 0.05) is 12.7 Å². The summed E-state index contributed by atoms with van der Waals surface area (Å²) in [6.07, 6.45) is 1.53. The Morgan fingerprint density at radius 1 is 1.33 bits per heavy atom. The summed E-state index contributed by atoms with van der Waals surface area (Å²) in [5.74, 6) is 0.795. The van der Waals surface area contributed by atoms with Gasteiger partial charge in [0.15, 0.2) is 0 Å². The Balaban J connectivity index is 2.00. The first-order chi connectivity index (χ1) is 9.71. The number of hydrogen-bond acceptors (Lipinski definition) is 5. The van der Waals surface area contributed by atoms with Crippen LogP contribution in [-0.2, 0) is 4.74 Å². The molecule has 1 aromatic heterocycles. The standard InChI is InChI=1S/C16H25N3O2/c1-7-21-13(20)11-8-17-14(19-10(11)2)18-9-12-15(3,4)16(12,5)6/h8,12H,7,9H2,1-6H3,(H,17,18,19). The molecular formula is C16H25N3O2. The molecule has 0 amide bonds. The molecular weight excluding hydrogens is 266 g/mol. The molecule has 0 saturated heterocycles. The van der Waals surface area contributed by atoms with Crippen molar-refractivity contribution in [3.05, 3.63) is 17.5 Å². The topological polar surface area (TPSA) is 64.1 Å². The van der Waals surface area contributed by atoms with E-state index in [0.717, 1.165) is 6.54 Å². The summed E-state index contributed by atoms with van der Waals surface area (Å²) in [5.41, 5.74) is 1.73. The van der Waals surface area contributed by atoms with Crippen LogP contribution < -0.4 is 5.32 Å². The number of carbonyl (C=O) groups excluding carboxylic acids is 1. The van der Waals surface area contributed by atoms with E-state index in [1.165, 1.54) is 6.20 Å². The van der Waals surface area contributed by atoms with Gasteiger partial charge in [-0.2, -0.15) is 0 Å². The zero-order chi connectivity index (χ0) is 15.8. The van der Waals surface area contributed by atoms with Gasteiger partial charge >= 0.3 is 5.97 Å². The third-order valence-electron chi connectivity index (χ3n) is 5.26. The molecule has 1 fully saturated rings. The molecule has 5 heteroatoms. The normalized spacial score (nSPS) is 19.1. The molecule has 5 nitrogen and oxygen atoms in total. The Morgan fingerprint density at radius 2 is 1.95 bits per heavy atom. The van der Waals surface area contributed by atoms with Crippen LogP contribution in [0.1, 0.15) is 50.7 Å². The fraction of sp³-hybridized carbons (Fsp3) is 0.688. The minimum absolute atomic E-state index is 0.333. The fourth-order valence-electron chi connectivity index (χ4n) is 3.00. The maximum atomic E-state index is 11.7. The minimum atomic E-state index is -0.369. The summed E-state index contributed by atoms with van der Waals surface area (Å²) in [6.45, 7) is 13.9. The molecule has 0 aliphatic heterocycles. The van der Waals surface area contributed by atoms with Gasteiger partial charge < -0.3 is 10.1 Å². The highest BCUT2D eigenvalue weighted by Gasteiger charge is 2.64. The summed E-state index contributed by atoms with van der Waals surface area (Å²) in [6, 6.07) is 0. The highest BCUT2D eigenvalue weighted by atomic mass is 16.5. The van der Waals surface area contributed by atoms with Crippen LogP contribution >= 0.6 is 0 Å². The molecule has 1 N–H and O–H groups in total. The van der Waals surface area contributed by atoms with E-state index in [9.17, 15) is 4.79 Å². The van der Waals surface area contributed by atoms with Gasteiger partial charge in [0.1, 0.15) is 0 Å². The Bertz CT molecular complexity index is 538. The largest absolute Gasteiger partial charge is 0.462 e. The molecule has 116 valence electrons. The molecule has 0 unspecified atom stereocenters. The molecule has 1 heterocycles. The van der Waals surface area contributed by atoms with E-state index in [0.29, 0.717) is 40.6 Å². The van der Waals surface area contributed by atoms with E-state index in [-0.39, 0.29) is 5.97 Å². The quantitative estimate of drug-likeness (QED) is 0.845. The number of nitrogens with zero attached hydrogens (tertiary/aromatic N) is 2. The molecule has 1 aromatic rings. The van der Waals surface area contributed by atoms with E-state index < -0.39 is 0 Å². The number of aryl methyl sites for hydroxylation is 1. The van der Waals surface area contributed by atoms with Gasteiger partial charge in [-0.3, -0.25) is 0 Å². The molecule has 0 aromatic carbocycles. The van der Waals surface area contributed by atoms with Gasteiger partial charge in [-0.05, 0) is 30.6 Å². The van der Waals surface area contributed by atoms with Crippen molar-refractivity contribution < 1.29 is 9.53 Å². The van der Waals surface area contributed by atoms with Crippen LogP contribution in [-0.4, -0.2) is 29.1 Å². The monoisotopic (exact) mass is 291 g/mol. The van der Waals surface area contributed by atoms with E-state index in [1.54, 1.807) is 13.8 Å². The Hall–Kier alpha value is -1.65. The molecule has 0 spiro atoms. The van der Waals surface area contributed by atoms with Crippen molar-refractivity contribution in [3.63, 3.8) is 0 Å². The lowest BCUT2D eigenvalue weighted by Crippen LogP contribution is -2.14. The van der Waals surface area contributed by atoms with Gasteiger partial charge in [0.25, 0.3) is 0 Å². The average Bonchev–Trinajstić information content (AvgIpc) is 2.77. The first kappa shape index (κ1) is 15.7. The van der Waals surface area contributed by atoms with Crippen molar-refractivity contribution in [3.8, 4) is 0 Å². The van der Waals surface area contributed by atoms with Gasteiger partial charge in [-0.1, -0.05) is 27.7 Å². The second-order valence-electron chi connectivity index (χ2n) is 6.79. The molecule has 1 aliphatic carbocycles. The van der Waals surface area contributed by atoms with E-state index >= 15 is 0 Å². The molecule has 0 atom stereocenters. The maximum absolute atomic E-state index is 11.7. The van der Waals surface area contributed by atoms with E-state index in [2.05, 4.69) is 43.0 Å². The second kappa shape index (κ2) is 5.28. The van der Waals surface area contributed by atoms with Crippen molar-refractivity contribution in [2.75, 3.05) is 18.5 Å². The summed E-state index contributed by atoms with van der Waals surface area (Å²) >= 11 is 0. The van der Waals surface area contributed by atoms with Crippen molar-refractivity contribution in [2.45, 2.75) is 41.5 Å². The first-order valence-corrected chi connectivity index (χ1v) is 7.46. The zero-order valence-electron chi connectivity index (χ0n) is 13.8. The predicted octanol–water partition coefficient (Wildman–Crippen LogP) is 3.06. The maximum Gasteiger partial charge on any atom is 0.341 e. The summed E-state index contributed by atoms with van der Waals surface area (Å²) < 4.78 is 4.97. The highest BCUT2D eigenvalue weighted by molar-refractivity contribution is 5.90. The predicted molar refractivity (Wildman–Crippen MR) is 82.3 cm³/mol. The van der Waals surface area contributed by atoms with Crippen LogP contribution in [0.15, 0.2) is 6.20 Å². The van der Waals surface area contributed by atoms with E-state index in [1.807, 2.05) is 0 Å². The number of anilines is 1. The molecule has 1 saturated carbocycles. The number of aromatic nitrogens is 2. The van der Waals surface area contributed by atoms with Crippen molar-refractivity contribution in [1.82, 2.24) is 9.97 Å². The van der Waals surface area contributed by atoms with Crippen LogP contribution in [0.3, 0.4) is 0 Å². The van der Waals surface area contributed by atoms with Crippen LogP contribution in [0.25, 0.3) is 0 Å². The molecule has 0 radical (unpaired) electrons. The summed E-state index contributed by atoms with van der Waals surface area (Å²) in [4.78, 5) is 20.3. The highest BCUT2D eigenvalue weighted by Crippen LogP contribution is 2.68. The lowest BCUT2D eigenvalue weighted by molar-refractivity contribution is 0.0524. The molecule has 21 heavy (non-hydrogen) atoms. The van der Waals surface area contributed by atoms with Crippen LogP contribution in [0.2, 0.25) is 0 Å². The lowest BCUT2D eigenvalue weighted by atomic mass is 10.0. The number of nitrogens with one attached hydrogen (secondary N) is 1. The van der Waals surface area contributed by atoms with Crippen LogP contribution in [0, 0.1) is 23.7 Å². The van der Waals surface area contributed by atoms with Gasteiger partial charge in [-0.15, -0.1) is 0 Å². The molecule has 1 aliphatic rings. The van der Waals surface area contributed by atoms with Gasteiger partial charge in [0.05, 0.1) is 17.9 Å². The van der Waals surface area contributed by atoms with Crippen LogP contribution in [0.5, 0.6) is 0 Å². The Morgan fingerprint density at radius 3 is 2.43 bits per heavy atom. The third kappa shape index (κ3) is 2.74. The number of carbonyl (C=O) groups is 1. The van der Waals surface area contributed by atoms with Crippen LogP contribution in [0.4, 0.5) is 5.95 Å². The van der Waals surface area contributed by atoms with E-state index in [4.69, 9.17) is 4.74 Å². The van der Waals surface area contributed by atoms with Gasteiger partial charge in [0.2, 0.25) is 5.95 Å². The Labute approximate surface area is 126 Å². The number of ether oxygens (including phenoxy) is 1. The average molecular weight is 291 g/mol. The smallest absolute Gasteiger partial charge is 0.341 e. The summed E-state index contributed by atoms with van der Waals surface area (Å²) in [7, 11) is 0. The lowest BCUT2D eigenvalue weighted by Gasteiger charge is -2.09. The van der Waals surface area contributed by atoms with Gasteiger partial charge in [-0.25, -0.2) is 14.8 Å². The SMILES string of the molecule is CCOC(=O)c1cnc(NCC2C(C)(C)C2(C)C)nc1C. The zero-order valence-corrected chi connectivity index (χ0v) is 13.8. The molecule has 0 bridgehead atoms. The number of esters is 1. The number of rotatable bonds is 5. The number of hydrogen-bond donors (Lipinski definition) is 1. The third-order valence-corrected chi connectivity index (χ3v) is 5.26. The van der Waals surface area contributed by atoms with Crippen molar-refractivity contribution in [2.24, 2.45) is 16.7 Å². The summed E-state index contributed by atoms with van der Waals surface area (Å²) in [5, 5.41) is 3.28. The van der Waals surface area contributed by atoms with Crippen molar-refractivity contribution >= 4 is 11.9 Å². The van der Waals surface area contributed by atoms with Crippen molar-refractivity contribution in [1.29, 1.82) is 0 Å².